The predicted octanol–water partition coefficient (Wildman–Crippen LogP) is 4.73. The molecule has 1 aliphatic rings. The molecular formula is C18H24O. The molecule has 0 spiro atoms. The second-order valence-electron chi connectivity index (χ2n) is 5.99. The highest BCUT2D eigenvalue weighted by atomic mass is 16.1. The Labute approximate surface area is 116 Å². The zero-order chi connectivity index (χ0) is 13.7. The smallest absolute Gasteiger partial charge is 0.136 e. The normalized spacial score (nSPS) is 24.3. The van der Waals surface area contributed by atoms with Crippen LogP contribution in [0.1, 0.15) is 45.1 Å². The van der Waals surface area contributed by atoms with Gasteiger partial charge in [-0.05, 0) is 36.7 Å². The predicted molar refractivity (Wildman–Crippen MR) is 80.8 cm³/mol. The third-order valence-corrected chi connectivity index (χ3v) is 4.28. The Morgan fingerprint density at radius 3 is 2.68 bits per heavy atom. The van der Waals surface area contributed by atoms with Gasteiger partial charge in [0.2, 0.25) is 0 Å². The first-order valence-corrected chi connectivity index (χ1v) is 7.41. The van der Waals surface area contributed by atoms with Gasteiger partial charge >= 0.3 is 0 Å². The summed E-state index contributed by atoms with van der Waals surface area (Å²) in [5, 5.41) is 0. The first kappa shape index (κ1) is 14.0. The van der Waals surface area contributed by atoms with E-state index < -0.39 is 0 Å². The molecule has 0 amide bonds. The van der Waals surface area contributed by atoms with Crippen LogP contribution in [-0.4, -0.2) is 5.78 Å². The number of allylic oxidation sites excluding steroid dienone is 1. The van der Waals surface area contributed by atoms with Crippen LogP contribution in [0.15, 0.2) is 36.4 Å². The van der Waals surface area contributed by atoms with Gasteiger partial charge in [0.15, 0.2) is 0 Å². The van der Waals surface area contributed by atoms with Crippen molar-refractivity contribution >= 4 is 11.9 Å². The van der Waals surface area contributed by atoms with Gasteiger partial charge in [-0.25, -0.2) is 0 Å². The Kier molecular flexibility index (Phi) is 4.95. The molecule has 2 unspecified atom stereocenters. The SMILES string of the molecule is CC(C)C1CCC(=O)C(CC=Cc2ccccc2)C1. The van der Waals surface area contributed by atoms with Crippen LogP contribution < -0.4 is 0 Å². The molecule has 102 valence electrons. The quantitative estimate of drug-likeness (QED) is 0.761. The Morgan fingerprint density at radius 1 is 1.26 bits per heavy atom. The van der Waals surface area contributed by atoms with Gasteiger partial charge in [-0.2, -0.15) is 0 Å². The summed E-state index contributed by atoms with van der Waals surface area (Å²) >= 11 is 0. The van der Waals surface area contributed by atoms with Crippen LogP contribution in [0.2, 0.25) is 0 Å². The molecule has 0 bridgehead atoms. The number of benzene rings is 1. The molecule has 1 saturated carbocycles. The number of carbonyl (C=O) groups excluding carboxylic acids is 1. The van der Waals surface area contributed by atoms with Crippen molar-refractivity contribution in [1.82, 2.24) is 0 Å². The molecule has 1 nitrogen and oxygen atoms in total. The Bertz CT molecular complexity index is 430. The van der Waals surface area contributed by atoms with E-state index in [9.17, 15) is 4.79 Å². The minimum Gasteiger partial charge on any atom is -0.299 e. The third-order valence-electron chi connectivity index (χ3n) is 4.28. The molecule has 1 fully saturated rings. The van der Waals surface area contributed by atoms with Crippen molar-refractivity contribution in [3.05, 3.63) is 42.0 Å². The van der Waals surface area contributed by atoms with E-state index in [4.69, 9.17) is 0 Å². The summed E-state index contributed by atoms with van der Waals surface area (Å²) in [5.41, 5.74) is 1.21. The fourth-order valence-corrected chi connectivity index (χ4v) is 2.91. The summed E-state index contributed by atoms with van der Waals surface area (Å²) in [6.07, 6.45) is 8.15. The molecule has 0 N–H and O–H groups in total. The van der Waals surface area contributed by atoms with E-state index in [1.54, 1.807) is 0 Å². The number of hydrogen-bond acceptors (Lipinski definition) is 1. The van der Waals surface area contributed by atoms with Gasteiger partial charge in [0.05, 0.1) is 0 Å². The average molecular weight is 256 g/mol. The second-order valence-corrected chi connectivity index (χ2v) is 5.99. The molecular weight excluding hydrogens is 232 g/mol. The van der Waals surface area contributed by atoms with Crippen LogP contribution in [0.25, 0.3) is 6.08 Å². The summed E-state index contributed by atoms with van der Waals surface area (Å²) in [6.45, 7) is 4.55. The van der Waals surface area contributed by atoms with Gasteiger partial charge in [-0.3, -0.25) is 4.79 Å². The van der Waals surface area contributed by atoms with Crippen molar-refractivity contribution < 1.29 is 4.79 Å². The maximum absolute atomic E-state index is 12.0. The largest absolute Gasteiger partial charge is 0.299 e. The molecule has 0 saturated heterocycles. The van der Waals surface area contributed by atoms with E-state index >= 15 is 0 Å². The summed E-state index contributed by atoms with van der Waals surface area (Å²) in [4.78, 5) is 12.0. The highest BCUT2D eigenvalue weighted by molar-refractivity contribution is 5.82. The van der Waals surface area contributed by atoms with E-state index in [0.29, 0.717) is 11.7 Å². The lowest BCUT2D eigenvalue weighted by Crippen LogP contribution is -2.27. The van der Waals surface area contributed by atoms with E-state index in [1.807, 2.05) is 18.2 Å². The molecule has 0 heterocycles. The lowest BCUT2D eigenvalue weighted by atomic mass is 9.74. The van der Waals surface area contributed by atoms with Crippen molar-refractivity contribution in [2.75, 3.05) is 0 Å². The van der Waals surface area contributed by atoms with Crippen LogP contribution in [0, 0.1) is 17.8 Å². The van der Waals surface area contributed by atoms with Crippen LogP contribution >= 0.6 is 0 Å². The first-order chi connectivity index (χ1) is 9.16. The van der Waals surface area contributed by atoms with Crippen LogP contribution in [-0.2, 0) is 4.79 Å². The van der Waals surface area contributed by atoms with Gasteiger partial charge in [-0.1, -0.05) is 56.3 Å². The topological polar surface area (TPSA) is 17.1 Å². The lowest BCUT2D eigenvalue weighted by molar-refractivity contribution is -0.125. The van der Waals surface area contributed by atoms with Crippen molar-refractivity contribution in [2.24, 2.45) is 17.8 Å². The molecule has 0 radical (unpaired) electrons. The lowest BCUT2D eigenvalue weighted by Gasteiger charge is -2.30. The number of ketones is 1. The molecule has 1 aliphatic carbocycles. The second kappa shape index (κ2) is 6.70. The first-order valence-electron chi connectivity index (χ1n) is 7.41. The number of carbonyl (C=O) groups is 1. The highest BCUT2D eigenvalue weighted by Gasteiger charge is 2.29. The van der Waals surface area contributed by atoms with Crippen LogP contribution in [0.5, 0.6) is 0 Å². The Hall–Kier alpha value is -1.37. The van der Waals surface area contributed by atoms with Gasteiger partial charge in [-0.15, -0.1) is 0 Å². The monoisotopic (exact) mass is 256 g/mol. The molecule has 0 aromatic heterocycles. The zero-order valence-electron chi connectivity index (χ0n) is 12.0. The van der Waals surface area contributed by atoms with E-state index in [2.05, 4.69) is 38.1 Å². The Balaban J connectivity index is 1.90. The number of Topliss-reactive ketones (excluding diaryl/α,β-unsaturated/α-hetero) is 1. The van der Waals surface area contributed by atoms with Crippen LogP contribution in [0.4, 0.5) is 0 Å². The van der Waals surface area contributed by atoms with E-state index in [0.717, 1.165) is 31.6 Å². The number of hydrogen-bond donors (Lipinski definition) is 0. The highest BCUT2D eigenvalue weighted by Crippen LogP contribution is 2.33. The molecule has 0 aliphatic heterocycles. The van der Waals surface area contributed by atoms with E-state index in [-0.39, 0.29) is 5.92 Å². The Morgan fingerprint density at radius 2 is 2.00 bits per heavy atom. The van der Waals surface area contributed by atoms with Crippen molar-refractivity contribution in [3.8, 4) is 0 Å². The zero-order valence-corrected chi connectivity index (χ0v) is 12.0. The van der Waals surface area contributed by atoms with Gasteiger partial charge in [0.1, 0.15) is 5.78 Å². The minimum absolute atomic E-state index is 0.251. The summed E-state index contributed by atoms with van der Waals surface area (Å²) in [5.74, 6) is 2.15. The van der Waals surface area contributed by atoms with Crippen molar-refractivity contribution in [3.63, 3.8) is 0 Å². The molecule has 19 heavy (non-hydrogen) atoms. The maximum Gasteiger partial charge on any atom is 0.136 e. The average Bonchev–Trinajstić information content (AvgIpc) is 2.42. The summed E-state index contributed by atoms with van der Waals surface area (Å²) < 4.78 is 0. The van der Waals surface area contributed by atoms with Crippen molar-refractivity contribution in [2.45, 2.75) is 39.5 Å². The van der Waals surface area contributed by atoms with Crippen LogP contribution in [0.3, 0.4) is 0 Å². The molecule has 1 aromatic rings. The third kappa shape index (κ3) is 4.05. The van der Waals surface area contributed by atoms with E-state index in [1.165, 1.54) is 5.56 Å². The standard InChI is InChI=1S/C18H24O/c1-14(2)16-11-12-18(19)17(13-16)10-6-9-15-7-4-3-5-8-15/h3-9,14,16-17H,10-13H2,1-2H3. The van der Waals surface area contributed by atoms with Gasteiger partial charge in [0, 0.05) is 12.3 Å². The molecule has 1 aromatic carbocycles. The van der Waals surface area contributed by atoms with Gasteiger partial charge < -0.3 is 0 Å². The molecule has 2 atom stereocenters. The van der Waals surface area contributed by atoms with Crippen molar-refractivity contribution in [1.29, 1.82) is 0 Å². The van der Waals surface area contributed by atoms with Gasteiger partial charge in [0.25, 0.3) is 0 Å². The fourth-order valence-electron chi connectivity index (χ4n) is 2.91. The molecule has 1 heteroatoms. The minimum atomic E-state index is 0.251. The maximum atomic E-state index is 12.0. The fraction of sp³-hybridized carbons (Fsp3) is 0.500. The summed E-state index contributed by atoms with van der Waals surface area (Å²) in [7, 11) is 0. The molecule has 2 rings (SSSR count). The number of rotatable bonds is 4. The summed E-state index contributed by atoms with van der Waals surface area (Å²) in [6, 6.07) is 10.3.